The Bertz CT molecular complexity index is 1160. The molecule has 0 bridgehead atoms. The molecule has 0 saturated carbocycles. The van der Waals surface area contributed by atoms with Gasteiger partial charge in [-0.2, -0.15) is 10.2 Å². The van der Waals surface area contributed by atoms with Gasteiger partial charge in [0.25, 0.3) is 0 Å². The van der Waals surface area contributed by atoms with E-state index in [2.05, 4.69) is 72.4 Å². The number of hydrogen-bond donors (Lipinski definition) is 1. The maximum absolute atomic E-state index is 9.17. The number of aliphatic hydroxyl groups is 1. The molecule has 0 aliphatic heterocycles. The Morgan fingerprint density at radius 1 is 0.818 bits per heavy atom. The Hall–Kier alpha value is -3.57. The van der Waals surface area contributed by atoms with Crippen molar-refractivity contribution in [1.82, 2.24) is 15.2 Å². The molecule has 168 valence electrons. The number of rotatable bonds is 8. The Balaban J connectivity index is 1.54. The summed E-state index contributed by atoms with van der Waals surface area (Å²) in [7, 11) is 0. The van der Waals surface area contributed by atoms with Gasteiger partial charge in [-0.15, -0.1) is 0 Å². The molecule has 2 heterocycles. The molecule has 2 aromatic carbocycles. The summed E-state index contributed by atoms with van der Waals surface area (Å²) in [5.74, 6) is 1.21. The minimum atomic E-state index is -0.162. The van der Waals surface area contributed by atoms with Crippen LogP contribution in [0.5, 0.6) is 5.75 Å². The number of pyridine rings is 1. The molecular weight excluding hydrogens is 410 g/mol. The van der Waals surface area contributed by atoms with Gasteiger partial charge >= 0.3 is 0 Å². The van der Waals surface area contributed by atoms with Gasteiger partial charge in [0, 0.05) is 17.2 Å². The van der Waals surface area contributed by atoms with Crippen LogP contribution in [-0.2, 0) is 18.6 Å². The predicted octanol–water partition coefficient (Wildman–Crippen LogP) is 5.57. The standard InChI is InChI=1S/C28H29N3O2/c1-20(2)28(3,22-9-7-21(8-10-22)27-16-13-24(18-32)30-31-27)23-11-14-26(15-12-23)33-19-25-6-4-5-17-29-25/h4-17,20,32H,18-19H2,1-3H3. The first-order chi connectivity index (χ1) is 16.0. The molecule has 1 N–H and O–H groups in total. The highest BCUT2D eigenvalue weighted by molar-refractivity contribution is 5.59. The van der Waals surface area contributed by atoms with E-state index in [0.29, 0.717) is 18.2 Å². The fourth-order valence-electron chi connectivity index (χ4n) is 3.96. The summed E-state index contributed by atoms with van der Waals surface area (Å²) in [4.78, 5) is 4.31. The first kappa shape index (κ1) is 22.6. The lowest BCUT2D eigenvalue weighted by atomic mass is 9.68. The summed E-state index contributed by atoms with van der Waals surface area (Å²) in [6.07, 6.45) is 1.78. The number of hydrogen-bond acceptors (Lipinski definition) is 5. The van der Waals surface area contributed by atoms with E-state index in [-0.39, 0.29) is 12.0 Å². The van der Waals surface area contributed by atoms with Gasteiger partial charge in [0.05, 0.1) is 23.7 Å². The molecule has 1 atom stereocenters. The molecule has 0 spiro atoms. The minimum absolute atomic E-state index is 0.105. The predicted molar refractivity (Wildman–Crippen MR) is 130 cm³/mol. The maximum Gasteiger partial charge on any atom is 0.130 e. The van der Waals surface area contributed by atoms with Gasteiger partial charge in [0.15, 0.2) is 0 Å². The first-order valence-electron chi connectivity index (χ1n) is 11.2. The van der Waals surface area contributed by atoms with Gasteiger partial charge in [-0.1, -0.05) is 63.2 Å². The average molecular weight is 440 g/mol. The monoisotopic (exact) mass is 439 g/mol. The summed E-state index contributed by atoms with van der Waals surface area (Å²) in [5, 5.41) is 17.4. The van der Waals surface area contributed by atoms with E-state index in [1.807, 2.05) is 36.4 Å². The second-order valence-electron chi connectivity index (χ2n) is 8.64. The highest BCUT2D eigenvalue weighted by atomic mass is 16.5. The molecule has 0 amide bonds. The summed E-state index contributed by atoms with van der Waals surface area (Å²) >= 11 is 0. The van der Waals surface area contributed by atoms with Crippen molar-refractivity contribution in [3.63, 3.8) is 0 Å². The summed E-state index contributed by atoms with van der Waals surface area (Å²) in [6.45, 7) is 7.13. The fraction of sp³-hybridized carbons (Fsp3) is 0.250. The lowest BCUT2D eigenvalue weighted by Gasteiger charge is -2.35. The van der Waals surface area contributed by atoms with Crippen LogP contribution in [0, 0.1) is 5.92 Å². The molecule has 5 heteroatoms. The largest absolute Gasteiger partial charge is 0.487 e. The van der Waals surface area contributed by atoms with E-state index in [1.165, 1.54) is 11.1 Å². The van der Waals surface area contributed by atoms with E-state index in [1.54, 1.807) is 12.3 Å². The van der Waals surface area contributed by atoms with Crippen molar-refractivity contribution < 1.29 is 9.84 Å². The van der Waals surface area contributed by atoms with Gasteiger partial charge in [0.2, 0.25) is 0 Å². The molecule has 0 aliphatic rings. The van der Waals surface area contributed by atoms with Crippen molar-refractivity contribution in [3.05, 3.63) is 108 Å². The topological polar surface area (TPSA) is 68.1 Å². The zero-order valence-electron chi connectivity index (χ0n) is 19.3. The van der Waals surface area contributed by atoms with Crippen molar-refractivity contribution in [2.45, 2.75) is 39.4 Å². The smallest absolute Gasteiger partial charge is 0.130 e. The quantitative estimate of drug-likeness (QED) is 0.389. The first-order valence-corrected chi connectivity index (χ1v) is 11.2. The van der Waals surface area contributed by atoms with Crippen molar-refractivity contribution in [3.8, 4) is 17.0 Å². The van der Waals surface area contributed by atoms with Crippen LogP contribution in [0.1, 0.15) is 43.3 Å². The van der Waals surface area contributed by atoms with Gasteiger partial charge < -0.3 is 9.84 Å². The Morgan fingerprint density at radius 2 is 1.52 bits per heavy atom. The lowest BCUT2D eigenvalue weighted by molar-refractivity contribution is 0.275. The van der Waals surface area contributed by atoms with Crippen molar-refractivity contribution in [2.24, 2.45) is 5.92 Å². The number of ether oxygens (including phenoxy) is 1. The van der Waals surface area contributed by atoms with Crippen LogP contribution in [-0.4, -0.2) is 20.3 Å². The van der Waals surface area contributed by atoms with Crippen LogP contribution in [0.2, 0.25) is 0 Å². The van der Waals surface area contributed by atoms with E-state index in [0.717, 1.165) is 22.7 Å². The third-order valence-corrected chi connectivity index (χ3v) is 6.38. The third-order valence-electron chi connectivity index (χ3n) is 6.38. The average Bonchev–Trinajstić information content (AvgIpc) is 2.88. The SMILES string of the molecule is CC(C)C(C)(c1ccc(OCc2ccccn2)cc1)c1ccc(-c2ccc(CO)nn2)cc1. The molecule has 2 aromatic heterocycles. The second kappa shape index (κ2) is 9.92. The van der Waals surface area contributed by atoms with Gasteiger partial charge in [-0.3, -0.25) is 4.98 Å². The van der Waals surface area contributed by atoms with Crippen LogP contribution in [0.25, 0.3) is 11.3 Å². The van der Waals surface area contributed by atoms with E-state index < -0.39 is 0 Å². The normalized spacial score (nSPS) is 13.0. The van der Waals surface area contributed by atoms with E-state index in [9.17, 15) is 5.11 Å². The molecule has 33 heavy (non-hydrogen) atoms. The van der Waals surface area contributed by atoms with Crippen LogP contribution in [0.4, 0.5) is 0 Å². The Morgan fingerprint density at radius 3 is 2.06 bits per heavy atom. The van der Waals surface area contributed by atoms with E-state index >= 15 is 0 Å². The zero-order valence-corrected chi connectivity index (χ0v) is 19.3. The van der Waals surface area contributed by atoms with Crippen molar-refractivity contribution in [1.29, 1.82) is 0 Å². The molecule has 5 nitrogen and oxygen atoms in total. The number of aliphatic hydroxyl groups excluding tert-OH is 1. The fourth-order valence-corrected chi connectivity index (χ4v) is 3.96. The molecule has 1 unspecified atom stereocenters. The highest BCUT2D eigenvalue weighted by Gasteiger charge is 2.32. The molecular formula is C28H29N3O2. The third kappa shape index (κ3) is 4.94. The van der Waals surface area contributed by atoms with Crippen LogP contribution in [0.3, 0.4) is 0 Å². The molecule has 0 aliphatic carbocycles. The highest BCUT2D eigenvalue weighted by Crippen LogP contribution is 2.40. The van der Waals surface area contributed by atoms with Crippen molar-refractivity contribution in [2.75, 3.05) is 0 Å². The minimum Gasteiger partial charge on any atom is -0.487 e. The second-order valence-corrected chi connectivity index (χ2v) is 8.64. The summed E-state index contributed by atoms with van der Waals surface area (Å²) in [5.41, 5.74) is 5.58. The number of aromatic nitrogens is 3. The van der Waals surface area contributed by atoms with E-state index in [4.69, 9.17) is 4.74 Å². The Kier molecular flexibility index (Phi) is 6.80. The summed E-state index contributed by atoms with van der Waals surface area (Å²) in [6, 6.07) is 26.4. The number of nitrogens with zero attached hydrogens (tertiary/aromatic N) is 3. The van der Waals surface area contributed by atoms with Crippen LogP contribution >= 0.6 is 0 Å². The van der Waals surface area contributed by atoms with Crippen molar-refractivity contribution >= 4 is 0 Å². The molecule has 0 radical (unpaired) electrons. The van der Waals surface area contributed by atoms with Crippen LogP contribution < -0.4 is 4.74 Å². The maximum atomic E-state index is 9.17. The summed E-state index contributed by atoms with van der Waals surface area (Å²) < 4.78 is 5.92. The number of benzene rings is 2. The van der Waals surface area contributed by atoms with Gasteiger partial charge in [-0.25, -0.2) is 0 Å². The van der Waals surface area contributed by atoms with Crippen LogP contribution in [0.15, 0.2) is 85.1 Å². The Labute approximate surface area is 195 Å². The molecule has 4 rings (SSSR count). The lowest BCUT2D eigenvalue weighted by Crippen LogP contribution is -2.30. The molecule has 0 fully saturated rings. The van der Waals surface area contributed by atoms with Gasteiger partial charge in [-0.05, 0) is 53.4 Å². The van der Waals surface area contributed by atoms with Gasteiger partial charge in [0.1, 0.15) is 12.4 Å². The molecule has 4 aromatic rings. The molecule has 0 saturated heterocycles. The zero-order chi connectivity index (χ0) is 23.3.